The average Bonchev–Trinajstić information content (AvgIpc) is 3.18. The molecule has 0 bridgehead atoms. The molecular weight excluding hydrogens is 484 g/mol. The molecule has 0 fully saturated rings. The predicted molar refractivity (Wildman–Crippen MR) is 140 cm³/mol. The van der Waals surface area contributed by atoms with Crippen molar-refractivity contribution in [3.8, 4) is 22.9 Å². The minimum absolute atomic E-state index is 0.101. The highest BCUT2D eigenvalue weighted by Crippen LogP contribution is 2.41. The third-order valence-electron chi connectivity index (χ3n) is 5.14. The van der Waals surface area contributed by atoms with E-state index in [0.717, 1.165) is 29.0 Å². The Kier molecular flexibility index (Phi) is 9.07. The number of hydrogen-bond donors (Lipinski definition) is 1. The Labute approximate surface area is 213 Å². The average molecular weight is 509 g/mol. The third kappa shape index (κ3) is 6.50. The molecule has 6 nitrogen and oxygen atoms in total. The van der Waals surface area contributed by atoms with E-state index in [1.165, 1.54) is 24.5 Å². The van der Waals surface area contributed by atoms with Crippen LogP contribution >= 0.6 is 22.9 Å². The van der Waals surface area contributed by atoms with Crippen molar-refractivity contribution in [2.45, 2.75) is 26.7 Å². The first-order chi connectivity index (χ1) is 16.9. The highest BCUT2D eigenvalue weighted by molar-refractivity contribution is 7.17. The number of nitriles is 1. The number of benzene rings is 2. The first-order valence-corrected chi connectivity index (χ1v) is 12.2. The van der Waals surface area contributed by atoms with Crippen molar-refractivity contribution in [1.82, 2.24) is 0 Å². The van der Waals surface area contributed by atoms with Crippen LogP contribution in [0.3, 0.4) is 0 Å². The molecular formula is C27H25ClN2O4S. The molecule has 180 valence electrons. The van der Waals surface area contributed by atoms with Gasteiger partial charge in [-0.3, -0.25) is 4.79 Å². The lowest BCUT2D eigenvalue weighted by atomic mass is 10.0. The summed E-state index contributed by atoms with van der Waals surface area (Å²) in [6.45, 7) is 4.57. The van der Waals surface area contributed by atoms with Gasteiger partial charge in [0.2, 0.25) is 0 Å². The van der Waals surface area contributed by atoms with Gasteiger partial charge in [0.05, 0.1) is 13.7 Å². The van der Waals surface area contributed by atoms with Crippen molar-refractivity contribution in [2.24, 2.45) is 0 Å². The Hall–Kier alpha value is -3.60. The molecule has 0 saturated heterocycles. The van der Waals surface area contributed by atoms with Gasteiger partial charge in [0.15, 0.2) is 0 Å². The number of nitrogens with zero attached hydrogens (tertiary/aromatic N) is 1. The maximum Gasteiger partial charge on any atom is 0.341 e. The quantitative estimate of drug-likeness (QED) is 0.147. The van der Waals surface area contributed by atoms with Crippen molar-refractivity contribution in [1.29, 1.82) is 5.26 Å². The zero-order chi connectivity index (χ0) is 25.4. The standard InChI is InChI=1S/C27H25ClN2O4S/c1-4-5-13-34-22-11-9-18(10-12-22)14-20(16-29)25(31)30-26-24(27(32)33-3)23(17(2)35-26)19-7-6-8-21(28)15-19/h6-12,14-15H,4-5,13H2,1-3H3,(H,30,31)/b20-14+. The molecule has 0 atom stereocenters. The van der Waals surface area contributed by atoms with Crippen LogP contribution in [0.5, 0.6) is 5.75 Å². The van der Waals surface area contributed by atoms with Crippen LogP contribution in [0.25, 0.3) is 17.2 Å². The summed E-state index contributed by atoms with van der Waals surface area (Å²) in [6, 6.07) is 16.2. The third-order valence-corrected chi connectivity index (χ3v) is 6.39. The molecule has 1 aromatic heterocycles. The number of carbonyl (C=O) groups excluding carboxylic acids is 2. The summed E-state index contributed by atoms with van der Waals surface area (Å²) in [5.74, 6) is -0.496. The largest absolute Gasteiger partial charge is 0.494 e. The van der Waals surface area contributed by atoms with E-state index in [1.54, 1.807) is 42.5 Å². The fourth-order valence-corrected chi connectivity index (χ4v) is 4.65. The number of ether oxygens (including phenoxy) is 2. The van der Waals surface area contributed by atoms with E-state index < -0.39 is 11.9 Å². The molecule has 0 aliphatic carbocycles. The summed E-state index contributed by atoms with van der Waals surface area (Å²) in [6.07, 6.45) is 3.50. The van der Waals surface area contributed by atoms with Gasteiger partial charge in [0, 0.05) is 15.5 Å². The zero-order valence-electron chi connectivity index (χ0n) is 19.7. The molecule has 0 spiro atoms. The molecule has 0 radical (unpaired) electrons. The second-order valence-corrected chi connectivity index (χ2v) is 9.30. The number of carbonyl (C=O) groups is 2. The molecule has 3 aromatic rings. The van der Waals surface area contributed by atoms with E-state index >= 15 is 0 Å². The molecule has 0 aliphatic rings. The predicted octanol–water partition coefficient (Wildman–Crippen LogP) is 6.89. The molecule has 1 amide bonds. The maximum atomic E-state index is 13.0. The molecule has 0 aliphatic heterocycles. The summed E-state index contributed by atoms with van der Waals surface area (Å²) in [4.78, 5) is 26.4. The number of unbranched alkanes of at least 4 members (excludes halogenated alkanes) is 1. The lowest BCUT2D eigenvalue weighted by Gasteiger charge is -2.08. The lowest BCUT2D eigenvalue weighted by Crippen LogP contribution is -2.15. The Balaban J connectivity index is 1.88. The Morgan fingerprint density at radius 1 is 1.20 bits per heavy atom. The Morgan fingerprint density at radius 2 is 1.94 bits per heavy atom. The molecule has 2 aromatic carbocycles. The smallest absolute Gasteiger partial charge is 0.341 e. The van der Waals surface area contributed by atoms with Crippen LogP contribution in [0.2, 0.25) is 5.02 Å². The fraction of sp³-hybridized carbons (Fsp3) is 0.222. The van der Waals surface area contributed by atoms with E-state index in [2.05, 4.69) is 12.2 Å². The molecule has 0 saturated carbocycles. The fourth-order valence-electron chi connectivity index (χ4n) is 3.40. The van der Waals surface area contributed by atoms with Crippen LogP contribution in [-0.4, -0.2) is 25.6 Å². The normalized spacial score (nSPS) is 11.0. The van der Waals surface area contributed by atoms with E-state index in [1.807, 2.05) is 19.1 Å². The summed E-state index contributed by atoms with van der Waals surface area (Å²) in [5, 5.41) is 13.2. The van der Waals surface area contributed by atoms with Gasteiger partial charge in [-0.2, -0.15) is 5.26 Å². The van der Waals surface area contributed by atoms with Gasteiger partial charge in [-0.05, 0) is 54.8 Å². The van der Waals surface area contributed by atoms with Crippen LogP contribution in [-0.2, 0) is 9.53 Å². The van der Waals surface area contributed by atoms with Crippen LogP contribution in [0, 0.1) is 18.3 Å². The van der Waals surface area contributed by atoms with Crippen molar-refractivity contribution in [3.63, 3.8) is 0 Å². The number of anilines is 1. The number of aryl methyl sites for hydroxylation is 1. The zero-order valence-corrected chi connectivity index (χ0v) is 21.3. The van der Waals surface area contributed by atoms with Gasteiger partial charge in [-0.15, -0.1) is 11.3 Å². The Bertz CT molecular complexity index is 1290. The number of amides is 1. The van der Waals surface area contributed by atoms with Crippen molar-refractivity contribution >= 4 is 45.9 Å². The highest BCUT2D eigenvalue weighted by Gasteiger charge is 2.26. The molecule has 1 heterocycles. The number of methoxy groups -OCH3 is 1. The van der Waals surface area contributed by atoms with Gasteiger partial charge >= 0.3 is 5.97 Å². The van der Waals surface area contributed by atoms with E-state index in [-0.39, 0.29) is 11.1 Å². The molecule has 3 rings (SSSR count). The van der Waals surface area contributed by atoms with Gasteiger partial charge in [0.25, 0.3) is 5.91 Å². The molecule has 1 N–H and O–H groups in total. The van der Waals surface area contributed by atoms with Crippen LogP contribution in [0.1, 0.15) is 40.6 Å². The first-order valence-electron chi connectivity index (χ1n) is 11.0. The minimum atomic E-state index is -0.625. The summed E-state index contributed by atoms with van der Waals surface area (Å²) in [5.41, 5.74) is 2.15. The van der Waals surface area contributed by atoms with Gasteiger partial charge in [-0.1, -0.05) is 49.2 Å². The number of esters is 1. The van der Waals surface area contributed by atoms with Crippen LogP contribution in [0.15, 0.2) is 54.1 Å². The molecule has 35 heavy (non-hydrogen) atoms. The maximum absolute atomic E-state index is 13.0. The number of hydrogen-bond acceptors (Lipinski definition) is 6. The van der Waals surface area contributed by atoms with Gasteiger partial charge < -0.3 is 14.8 Å². The van der Waals surface area contributed by atoms with E-state index in [9.17, 15) is 14.9 Å². The lowest BCUT2D eigenvalue weighted by molar-refractivity contribution is -0.112. The second-order valence-electron chi connectivity index (χ2n) is 7.63. The minimum Gasteiger partial charge on any atom is -0.494 e. The number of rotatable bonds is 9. The summed E-state index contributed by atoms with van der Waals surface area (Å²) < 4.78 is 10.6. The first kappa shape index (κ1) is 26.0. The second kappa shape index (κ2) is 12.2. The van der Waals surface area contributed by atoms with Crippen molar-refractivity contribution in [3.05, 3.63) is 75.1 Å². The van der Waals surface area contributed by atoms with E-state index in [0.29, 0.717) is 27.8 Å². The summed E-state index contributed by atoms with van der Waals surface area (Å²) in [7, 11) is 1.28. The number of nitrogens with one attached hydrogen (secondary N) is 1. The monoisotopic (exact) mass is 508 g/mol. The number of thiophene rings is 1. The SMILES string of the molecule is CCCCOc1ccc(/C=C(\C#N)C(=O)Nc2sc(C)c(-c3cccc(Cl)c3)c2C(=O)OC)cc1. The topological polar surface area (TPSA) is 88.4 Å². The van der Waals surface area contributed by atoms with Crippen LogP contribution in [0.4, 0.5) is 5.00 Å². The summed E-state index contributed by atoms with van der Waals surface area (Å²) >= 11 is 7.38. The van der Waals surface area contributed by atoms with Gasteiger partial charge in [-0.25, -0.2) is 4.79 Å². The van der Waals surface area contributed by atoms with Crippen LogP contribution < -0.4 is 10.1 Å². The highest BCUT2D eigenvalue weighted by atomic mass is 35.5. The van der Waals surface area contributed by atoms with Gasteiger partial charge in [0.1, 0.15) is 28.0 Å². The molecule has 0 unspecified atom stereocenters. The Morgan fingerprint density at radius 3 is 2.57 bits per heavy atom. The molecule has 8 heteroatoms. The van der Waals surface area contributed by atoms with Crippen molar-refractivity contribution < 1.29 is 19.1 Å². The van der Waals surface area contributed by atoms with E-state index in [4.69, 9.17) is 21.1 Å². The van der Waals surface area contributed by atoms with Crippen molar-refractivity contribution in [2.75, 3.05) is 19.0 Å². The number of halogens is 1.